The summed E-state index contributed by atoms with van der Waals surface area (Å²) in [6.45, 7) is 6.75. The third kappa shape index (κ3) is 7.16. The van der Waals surface area contributed by atoms with Gasteiger partial charge >= 0.3 is 0 Å². The Labute approximate surface area is 256 Å². The molecule has 0 unspecified atom stereocenters. The van der Waals surface area contributed by atoms with Crippen molar-refractivity contribution in [3.63, 3.8) is 0 Å². The Morgan fingerprint density at radius 3 is 2.50 bits per heavy atom. The van der Waals surface area contributed by atoms with Crippen LogP contribution in [0.1, 0.15) is 42.0 Å². The molecule has 6 nitrogen and oxygen atoms in total. The highest BCUT2D eigenvalue weighted by molar-refractivity contribution is 9.10. The van der Waals surface area contributed by atoms with E-state index in [0.29, 0.717) is 42.4 Å². The van der Waals surface area contributed by atoms with Crippen LogP contribution in [0, 0.1) is 6.92 Å². The third-order valence-corrected chi connectivity index (χ3v) is 8.26. The van der Waals surface area contributed by atoms with Crippen LogP contribution in [0.25, 0.3) is 6.08 Å². The van der Waals surface area contributed by atoms with Gasteiger partial charge in [-0.05, 0) is 93.6 Å². The number of rotatable bonds is 10. The summed E-state index contributed by atoms with van der Waals surface area (Å²) in [6.07, 6.45) is 1.66. The second-order valence-corrected chi connectivity index (χ2v) is 12.1. The van der Waals surface area contributed by atoms with Gasteiger partial charge in [-0.15, -0.1) is 0 Å². The Morgan fingerprint density at radius 2 is 1.80 bits per heavy atom. The predicted octanol–water partition coefficient (Wildman–Crippen LogP) is 8.89. The summed E-state index contributed by atoms with van der Waals surface area (Å²) in [5.41, 5.74) is 3.61. The summed E-state index contributed by atoms with van der Waals surface area (Å²) in [7, 11) is 1.53. The first-order valence-corrected chi connectivity index (χ1v) is 14.9. The highest BCUT2D eigenvalue weighted by Crippen LogP contribution is 2.40. The predicted molar refractivity (Wildman–Crippen MR) is 165 cm³/mol. The zero-order valence-corrected chi connectivity index (χ0v) is 26.3. The van der Waals surface area contributed by atoms with Crippen molar-refractivity contribution in [1.29, 1.82) is 0 Å². The maximum absolute atomic E-state index is 13.1. The Bertz CT molecular complexity index is 1480. The van der Waals surface area contributed by atoms with Gasteiger partial charge in [-0.25, -0.2) is 0 Å². The SMILES string of the molecule is COc1cc(/C=C2\SC(=O)N(CCOc3cc(C)ccc3C(C)C)C2=O)cc(Br)c1OCc1ccc(Cl)cc1Cl. The number of carbonyl (C=O) groups excluding carboxylic acids is 2. The number of benzene rings is 3. The summed E-state index contributed by atoms with van der Waals surface area (Å²) in [5, 5.41) is 0.707. The molecular weight excluding hydrogens is 637 g/mol. The highest BCUT2D eigenvalue weighted by Gasteiger charge is 2.35. The van der Waals surface area contributed by atoms with Gasteiger partial charge in [-0.2, -0.15) is 0 Å². The summed E-state index contributed by atoms with van der Waals surface area (Å²) >= 11 is 16.7. The van der Waals surface area contributed by atoms with Gasteiger partial charge < -0.3 is 14.2 Å². The fraction of sp³-hybridized carbons (Fsp3) is 0.267. The lowest BCUT2D eigenvalue weighted by atomic mass is 10.0. The molecule has 3 aromatic rings. The van der Waals surface area contributed by atoms with E-state index in [1.165, 1.54) is 12.0 Å². The van der Waals surface area contributed by atoms with Gasteiger partial charge in [0.05, 0.1) is 23.0 Å². The average molecular weight is 665 g/mol. The van der Waals surface area contributed by atoms with Gasteiger partial charge in [0.15, 0.2) is 11.5 Å². The van der Waals surface area contributed by atoms with Crippen molar-refractivity contribution < 1.29 is 23.8 Å². The molecule has 1 fully saturated rings. The molecule has 0 bridgehead atoms. The minimum atomic E-state index is -0.361. The minimum Gasteiger partial charge on any atom is -0.493 e. The van der Waals surface area contributed by atoms with Gasteiger partial charge in [0.1, 0.15) is 19.0 Å². The molecule has 0 aliphatic carbocycles. The monoisotopic (exact) mass is 663 g/mol. The molecule has 4 rings (SSSR count). The van der Waals surface area contributed by atoms with Crippen molar-refractivity contribution in [2.24, 2.45) is 0 Å². The van der Waals surface area contributed by atoms with E-state index in [2.05, 4.69) is 29.8 Å². The van der Waals surface area contributed by atoms with Crippen molar-refractivity contribution in [2.75, 3.05) is 20.3 Å². The van der Waals surface area contributed by atoms with Crippen LogP contribution in [0.3, 0.4) is 0 Å². The molecule has 1 saturated heterocycles. The third-order valence-electron chi connectivity index (χ3n) is 6.17. The van der Waals surface area contributed by atoms with Crippen LogP contribution in [0.15, 0.2) is 57.9 Å². The molecule has 0 aromatic heterocycles. The van der Waals surface area contributed by atoms with E-state index < -0.39 is 0 Å². The quantitative estimate of drug-likeness (QED) is 0.202. The lowest BCUT2D eigenvalue weighted by Crippen LogP contribution is -2.32. The molecule has 0 atom stereocenters. The lowest BCUT2D eigenvalue weighted by Gasteiger charge is -2.17. The van der Waals surface area contributed by atoms with E-state index in [0.717, 1.165) is 34.2 Å². The van der Waals surface area contributed by atoms with Gasteiger partial charge in [0.2, 0.25) is 0 Å². The minimum absolute atomic E-state index is 0.153. The van der Waals surface area contributed by atoms with E-state index in [1.807, 2.05) is 25.1 Å². The molecule has 3 aromatic carbocycles. The first kappa shape index (κ1) is 30.3. The molecule has 40 heavy (non-hydrogen) atoms. The summed E-state index contributed by atoms with van der Waals surface area (Å²) < 4.78 is 18.1. The van der Waals surface area contributed by atoms with Crippen molar-refractivity contribution >= 4 is 68.1 Å². The number of hydrogen-bond donors (Lipinski definition) is 0. The second-order valence-electron chi connectivity index (χ2n) is 9.44. The molecule has 210 valence electrons. The van der Waals surface area contributed by atoms with Crippen LogP contribution in [-0.2, 0) is 11.4 Å². The maximum atomic E-state index is 13.1. The van der Waals surface area contributed by atoms with Gasteiger partial charge in [-0.1, -0.05) is 55.2 Å². The Hall–Kier alpha value is -2.65. The molecule has 0 N–H and O–H groups in total. The fourth-order valence-electron chi connectivity index (χ4n) is 4.09. The Balaban J connectivity index is 1.45. The van der Waals surface area contributed by atoms with E-state index in [4.69, 9.17) is 37.4 Å². The Morgan fingerprint density at radius 1 is 1.02 bits per heavy atom. The molecular formula is C30H28BrCl2NO5S. The normalized spacial score (nSPS) is 14.4. The number of imide groups is 1. The zero-order valence-electron chi connectivity index (χ0n) is 22.4. The largest absolute Gasteiger partial charge is 0.493 e. The molecule has 1 heterocycles. The summed E-state index contributed by atoms with van der Waals surface area (Å²) in [4.78, 5) is 27.3. The smallest absolute Gasteiger partial charge is 0.293 e. The number of hydrogen-bond acceptors (Lipinski definition) is 6. The number of carbonyl (C=O) groups is 2. The first-order valence-electron chi connectivity index (χ1n) is 12.5. The van der Waals surface area contributed by atoms with Crippen LogP contribution in [0.5, 0.6) is 17.2 Å². The molecule has 2 amide bonds. The van der Waals surface area contributed by atoms with E-state index >= 15 is 0 Å². The highest BCUT2D eigenvalue weighted by atomic mass is 79.9. The van der Waals surface area contributed by atoms with Crippen LogP contribution >= 0.6 is 50.9 Å². The van der Waals surface area contributed by atoms with Gasteiger partial charge in [0.25, 0.3) is 11.1 Å². The zero-order chi connectivity index (χ0) is 29.0. The van der Waals surface area contributed by atoms with E-state index in [9.17, 15) is 9.59 Å². The number of ether oxygens (including phenoxy) is 3. The van der Waals surface area contributed by atoms with Gasteiger partial charge in [-0.3, -0.25) is 14.5 Å². The number of methoxy groups -OCH3 is 1. The number of halogens is 3. The molecule has 0 spiro atoms. The van der Waals surface area contributed by atoms with Crippen LogP contribution in [0.4, 0.5) is 4.79 Å². The average Bonchev–Trinajstić information content (AvgIpc) is 3.15. The van der Waals surface area contributed by atoms with Crippen molar-refractivity contribution in [3.05, 3.63) is 90.2 Å². The number of thioether (sulfide) groups is 1. The number of nitrogens with zero attached hydrogens (tertiary/aromatic N) is 1. The topological polar surface area (TPSA) is 65.1 Å². The fourth-order valence-corrected chi connectivity index (χ4v) is 5.99. The van der Waals surface area contributed by atoms with Crippen molar-refractivity contribution in [3.8, 4) is 17.2 Å². The first-order chi connectivity index (χ1) is 19.1. The molecule has 10 heteroatoms. The molecule has 0 saturated carbocycles. The second kappa shape index (κ2) is 13.3. The maximum Gasteiger partial charge on any atom is 0.293 e. The standard InChI is InChI=1S/C30H28BrCl2NO5S/c1-17(2)22-8-5-18(3)11-25(22)38-10-9-34-29(35)27(40-30(34)36)14-19-12-23(31)28(26(13-19)37-4)39-16-20-6-7-21(32)15-24(20)33/h5-8,11-15,17H,9-10,16H2,1-4H3/b27-14-. The van der Waals surface area contributed by atoms with Gasteiger partial charge in [0, 0.05) is 15.6 Å². The van der Waals surface area contributed by atoms with Crippen molar-refractivity contribution in [1.82, 2.24) is 4.90 Å². The van der Waals surface area contributed by atoms with E-state index in [-0.39, 0.29) is 30.9 Å². The van der Waals surface area contributed by atoms with Crippen molar-refractivity contribution in [2.45, 2.75) is 33.3 Å². The summed E-state index contributed by atoms with van der Waals surface area (Å²) in [6, 6.07) is 14.8. The summed E-state index contributed by atoms with van der Waals surface area (Å²) in [5.74, 6) is 1.64. The van der Waals surface area contributed by atoms with Crippen LogP contribution in [0.2, 0.25) is 10.0 Å². The van der Waals surface area contributed by atoms with Crippen LogP contribution < -0.4 is 14.2 Å². The molecule has 0 radical (unpaired) electrons. The number of aryl methyl sites for hydroxylation is 1. The molecule has 1 aliphatic rings. The Kier molecular flexibility index (Phi) is 10.1. The lowest BCUT2D eigenvalue weighted by molar-refractivity contribution is -0.123. The van der Waals surface area contributed by atoms with E-state index in [1.54, 1.807) is 36.4 Å². The number of amides is 2. The molecule has 1 aliphatic heterocycles. The van der Waals surface area contributed by atoms with Crippen LogP contribution in [-0.4, -0.2) is 36.3 Å².